The van der Waals surface area contributed by atoms with E-state index in [2.05, 4.69) is 24.1 Å². The van der Waals surface area contributed by atoms with Crippen molar-refractivity contribution >= 4 is 5.91 Å². The van der Waals surface area contributed by atoms with Gasteiger partial charge in [-0.3, -0.25) is 4.79 Å². The summed E-state index contributed by atoms with van der Waals surface area (Å²) < 4.78 is 0. The van der Waals surface area contributed by atoms with Crippen molar-refractivity contribution in [3.63, 3.8) is 0 Å². The third-order valence-electron chi connectivity index (χ3n) is 4.84. The average molecular weight is 266 g/mol. The van der Waals surface area contributed by atoms with Crippen LogP contribution in [0.5, 0.6) is 0 Å². The number of carbonyl (C=O) groups excluding carboxylic acids is 1. The summed E-state index contributed by atoms with van der Waals surface area (Å²) in [5, 5.41) is 3.70. The van der Waals surface area contributed by atoms with Crippen molar-refractivity contribution in [2.45, 2.75) is 64.8 Å². The van der Waals surface area contributed by atoms with Crippen molar-refractivity contribution in [2.75, 3.05) is 19.6 Å². The molecule has 2 unspecified atom stereocenters. The van der Waals surface area contributed by atoms with Crippen LogP contribution in [0.1, 0.15) is 58.8 Å². The lowest BCUT2D eigenvalue weighted by Crippen LogP contribution is -2.50. The molecule has 0 aromatic carbocycles. The van der Waals surface area contributed by atoms with Crippen molar-refractivity contribution in [1.82, 2.24) is 10.2 Å². The Morgan fingerprint density at radius 3 is 2.68 bits per heavy atom. The van der Waals surface area contributed by atoms with Gasteiger partial charge in [-0.1, -0.05) is 26.7 Å². The number of rotatable bonds is 6. The molecule has 2 aliphatic rings. The zero-order valence-electron chi connectivity index (χ0n) is 12.7. The van der Waals surface area contributed by atoms with Gasteiger partial charge in [-0.05, 0) is 44.6 Å². The van der Waals surface area contributed by atoms with Gasteiger partial charge in [0.2, 0.25) is 5.91 Å². The van der Waals surface area contributed by atoms with Gasteiger partial charge in [0, 0.05) is 25.0 Å². The predicted molar refractivity (Wildman–Crippen MR) is 79.0 cm³/mol. The monoisotopic (exact) mass is 266 g/mol. The van der Waals surface area contributed by atoms with Crippen molar-refractivity contribution in [1.29, 1.82) is 0 Å². The van der Waals surface area contributed by atoms with E-state index in [1.165, 1.54) is 38.5 Å². The summed E-state index contributed by atoms with van der Waals surface area (Å²) in [6.07, 6.45) is 8.87. The summed E-state index contributed by atoms with van der Waals surface area (Å²) in [5.41, 5.74) is 0. The number of hydrogen-bond donors (Lipinski definition) is 1. The molecule has 0 aromatic rings. The number of nitrogens with one attached hydrogen (secondary N) is 1. The summed E-state index contributed by atoms with van der Waals surface area (Å²) >= 11 is 0. The SMILES string of the molecule is CCCNC(CN1CCCC(C)C1=O)C1CCCC1. The van der Waals surface area contributed by atoms with Crippen LogP contribution in [0.2, 0.25) is 0 Å². The number of amides is 1. The van der Waals surface area contributed by atoms with Crippen LogP contribution in [0.25, 0.3) is 0 Å². The molecule has 1 saturated carbocycles. The highest BCUT2D eigenvalue weighted by Gasteiger charge is 2.31. The molecule has 2 atom stereocenters. The molecule has 0 spiro atoms. The Morgan fingerprint density at radius 1 is 1.26 bits per heavy atom. The molecule has 3 nitrogen and oxygen atoms in total. The van der Waals surface area contributed by atoms with Crippen molar-refractivity contribution in [2.24, 2.45) is 11.8 Å². The fourth-order valence-corrected chi connectivity index (χ4v) is 3.62. The van der Waals surface area contributed by atoms with E-state index in [0.717, 1.165) is 32.0 Å². The molecule has 3 heteroatoms. The maximum absolute atomic E-state index is 12.2. The van der Waals surface area contributed by atoms with E-state index in [0.29, 0.717) is 11.9 Å². The first kappa shape index (κ1) is 14.8. The normalized spacial score (nSPS) is 26.9. The quantitative estimate of drug-likeness (QED) is 0.802. The van der Waals surface area contributed by atoms with Gasteiger partial charge < -0.3 is 10.2 Å². The fourth-order valence-electron chi connectivity index (χ4n) is 3.62. The molecule has 2 rings (SSSR count). The van der Waals surface area contributed by atoms with Gasteiger partial charge in [-0.15, -0.1) is 0 Å². The van der Waals surface area contributed by atoms with E-state index < -0.39 is 0 Å². The number of piperidine rings is 1. The molecule has 1 aliphatic carbocycles. The van der Waals surface area contributed by atoms with E-state index in [-0.39, 0.29) is 5.92 Å². The average Bonchev–Trinajstić information content (AvgIpc) is 2.93. The molecule has 1 amide bonds. The number of carbonyl (C=O) groups is 1. The highest BCUT2D eigenvalue weighted by atomic mass is 16.2. The lowest BCUT2D eigenvalue weighted by Gasteiger charge is -2.36. The van der Waals surface area contributed by atoms with Crippen LogP contribution in [0.15, 0.2) is 0 Å². The zero-order valence-corrected chi connectivity index (χ0v) is 12.7. The van der Waals surface area contributed by atoms with Crippen molar-refractivity contribution in [3.8, 4) is 0 Å². The smallest absolute Gasteiger partial charge is 0.225 e. The Kier molecular flexibility index (Phi) is 5.68. The Bertz CT molecular complexity index is 286. The van der Waals surface area contributed by atoms with Gasteiger partial charge in [0.15, 0.2) is 0 Å². The highest BCUT2D eigenvalue weighted by Crippen LogP contribution is 2.29. The maximum Gasteiger partial charge on any atom is 0.225 e. The van der Waals surface area contributed by atoms with Crippen LogP contribution in [0.3, 0.4) is 0 Å². The van der Waals surface area contributed by atoms with E-state index in [9.17, 15) is 4.79 Å². The van der Waals surface area contributed by atoms with Crippen LogP contribution >= 0.6 is 0 Å². The summed E-state index contributed by atoms with van der Waals surface area (Å²) in [6.45, 7) is 7.29. The second-order valence-corrected chi connectivity index (χ2v) is 6.43. The minimum atomic E-state index is 0.240. The van der Waals surface area contributed by atoms with Crippen molar-refractivity contribution < 1.29 is 4.79 Å². The fraction of sp³-hybridized carbons (Fsp3) is 0.938. The molecule has 0 aromatic heterocycles. The van der Waals surface area contributed by atoms with E-state index >= 15 is 0 Å². The molecule has 1 saturated heterocycles. The molecule has 0 radical (unpaired) electrons. The first-order chi connectivity index (χ1) is 9.22. The van der Waals surface area contributed by atoms with Crippen LogP contribution < -0.4 is 5.32 Å². The Hall–Kier alpha value is -0.570. The Balaban J connectivity index is 1.92. The molecule has 2 fully saturated rings. The lowest BCUT2D eigenvalue weighted by molar-refractivity contribution is -0.138. The van der Waals surface area contributed by atoms with E-state index in [1.807, 2.05) is 0 Å². The molecule has 1 aliphatic heterocycles. The molecule has 0 bridgehead atoms. The largest absolute Gasteiger partial charge is 0.341 e. The van der Waals surface area contributed by atoms with Gasteiger partial charge in [0.05, 0.1) is 0 Å². The molecular formula is C16H30N2O. The van der Waals surface area contributed by atoms with E-state index in [1.54, 1.807) is 0 Å². The lowest BCUT2D eigenvalue weighted by atomic mass is 9.94. The molecule has 110 valence electrons. The van der Waals surface area contributed by atoms with Gasteiger partial charge in [0.25, 0.3) is 0 Å². The summed E-state index contributed by atoms with van der Waals surface area (Å²) in [6, 6.07) is 0.525. The van der Waals surface area contributed by atoms with Crippen LogP contribution in [0.4, 0.5) is 0 Å². The van der Waals surface area contributed by atoms with Gasteiger partial charge in [-0.25, -0.2) is 0 Å². The van der Waals surface area contributed by atoms with E-state index in [4.69, 9.17) is 0 Å². The summed E-state index contributed by atoms with van der Waals surface area (Å²) in [7, 11) is 0. The third kappa shape index (κ3) is 3.95. The number of hydrogen-bond acceptors (Lipinski definition) is 2. The van der Waals surface area contributed by atoms with Crippen LogP contribution in [-0.2, 0) is 4.79 Å². The predicted octanol–water partition coefficient (Wildman–Crippen LogP) is 2.80. The van der Waals surface area contributed by atoms with Crippen LogP contribution in [-0.4, -0.2) is 36.5 Å². The minimum absolute atomic E-state index is 0.240. The highest BCUT2D eigenvalue weighted by molar-refractivity contribution is 5.79. The first-order valence-electron chi connectivity index (χ1n) is 8.24. The molecule has 19 heavy (non-hydrogen) atoms. The second-order valence-electron chi connectivity index (χ2n) is 6.43. The van der Waals surface area contributed by atoms with Gasteiger partial charge in [0.1, 0.15) is 0 Å². The van der Waals surface area contributed by atoms with Crippen LogP contribution in [0, 0.1) is 11.8 Å². The zero-order chi connectivity index (χ0) is 13.7. The Labute approximate surface area is 118 Å². The molecule has 1 heterocycles. The number of nitrogens with zero attached hydrogens (tertiary/aromatic N) is 1. The first-order valence-corrected chi connectivity index (χ1v) is 8.24. The second kappa shape index (κ2) is 7.28. The molecular weight excluding hydrogens is 236 g/mol. The maximum atomic E-state index is 12.2. The van der Waals surface area contributed by atoms with Crippen molar-refractivity contribution in [3.05, 3.63) is 0 Å². The summed E-state index contributed by atoms with van der Waals surface area (Å²) in [5.74, 6) is 1.41. The topological polar surface area (TPSA) is 32.3 Å². The third-order valence-corrected chi connectivity index (χ3v) is 4.84. The standard InChI is InChI=1S/C16H30N2O/c1-3-10-17-15(14-8-4-5-9-14)12-18-11-6-7-13(2)16(18)19/h13-15,17H,3-12H2,1-2H3. The van der Waals surface area contributed by atoms with Gasteiger partial charge >= 0.3 is 0 Å². The minimum Gasteiger partial charge on any atom is -0.341 e. The summed E-state index contributed by atoms with van der Waals surface area (Å²) in [4.78, 5) is 14.4. The Morgan fingerprint density at radius 2 is 2.00 bits per heavy atom. The van der Waals surface area contributed by atoms with Gasteiger partial charge in [-0.2, -0.15) is 0 Å². The molecule has 1 N–H and O–H groups in total. The number of likely N-dealkylation sites (tertiary alicyclic amines) is 1.